The molecule has 11 heteroatoms. The fourth-order valence-electron chi connectivity index (χ4n) is 3.42. The van der Waals surface area contributed by atoms with Crippen LogP contribution in [0, 0.1) is 0 Å². The molecule has 0 aliphatic carbocycles. The van der Waals surface area contributed by atoms with E-state index < -0.39 is 0 Å². The number of nitrogen functional groups attached to an aromatic ring is 2. The Morgan fingerprint density at radius 2 is 1.34 bits per heavy atom. The summed E-state index contributed by atoms with van der Waals surface area (Å²) in [4.78, 5) is 25.4. The molecule has 6 N–H and O–H groups in total. The molecular formula is C24H32N4O7. The lowest BCUT2D eigenvalue weighted by Gasteiger charge is -2.16. The number of anilines is 2. The van der Waals surface area contributed by atoms with Crippen molar-refractivity contribution in [1.29, 1.82) is 0 Å². The highest BCUT2D eigenvalue weighted by Gasteiger charge is 2.22. The van der Waals surface area contributed by atoms with Crippen LogP contribution in [0.2, 0.25) is 0 Å². The Labute approximate surface area is 203 Å². The first-order valence-corrected chi connectivity index (χ1v) is 11.3. The van der Waals surface area contributed by atoms with Crippen LogP contribution in [-0.2, 0) is 0 Å². The van der Waals surface area contributed by atoms with E-state index in [2.05, 4.69) is 5.32 Å². The topological polar surface area (TPSA) is 159 Å². The molecule has 2 heterocycles. The first-order chi connectivity index (χ1) is 16.8. The molecule has 2 aliphatic rings. The zero-order valence-electron chi connectivity index (χ0n) is 20.0. The second kappa shape index (κ2) is 12.0. The number of amides is 2. The first-order valence-electron chi connectivity index (χ1n) is 11.3. The number of ether oxygens (including phenoxy) is 4. The number of benzene rings is 2. The highest BCUT2D eigenvalue weighted by molar-refractivity contribution is 5.99. The van der Waals surface area contributed by atoms with Crippen LogP contribution < -0.4 is 35.7 Å². The fraction of sp³-hybridized carbons (Fsp3) is 0.417. The standard InChI is InChI=1S/C12H16N2O4.C12H16N2O3/c13-8-6-9(12(16)14-2-3-15)11-10(7-8)17-4-1-5-18-11;1-14(2)12(15)9-6-8(13)7-10-11(9)17-5-3-4-16-10/h6-7,15H,1-5,13H2,(H,14,16);6-7H,3-5,13H2,1-2H3. The minimum Gasteiger partial charge on any atom is -0.489 e. The van der Waals surface area contributed by atoms with Gasteiger partial charge >= 0.3 is 0 Å². The molecular weight excluding hydrogens is 456 g/mol. The summed E-state index contributed by atoms with van der Waals surface area (Å²) in [6.07, 6.45) is 1.55. The summed E-state index contributed by atoms with van der Waals surface area (Å²) in [5, 5.41) is 11.3. The van der Waals surface area contributed by atoms with E-state index in [0.717, 1.165) is 12.8 Å². The van der Waals surface area contributed by atoms with Gasteiger partial charge in [0.15, 0.2) is 23.0 Å². The van der Waals surface area contributed by atoms with Crippen molar-refractivity contribution in [3.8, 4) is 23.0 Å². The van der Waals surface area contributed by atoms with Crippen LogP contribution in [0.4, 0.5) is 11.4 Å². The van der Waals surface area contributed by atoms with Gasteiger partial charge in [-0.15, -0.1) is 0 Å². The molecule has 2 aliphatic heterocycles. The lowest BCUT2D eigenvalue weighted by atomic mass is 10.1. The Balaban J connectivity index is 0.000000196. The summed E-state index contributed by atoms with van der Waals surface area (Å²) in [6, 6.07) is 6.49. The first kappa shape index (κ1) is 25.8. The van der Waals surface area contributed by atoms with Crippen molar-refractivity contribution in [2.24, 2.45) is 0 Å². The number of nitrogens with two attached hydrogens (primary N) is 2. The van der Waals surface area contributed by atoms with Crippen molar-refractivity contribution in [1.82, 2.24) is 10.2 Å². The second-order valence-electron chi connectivity index (χ2n) is 8.07. The molecule has 0 spiro atoms. The second-order valence-corrected chi connectivity index (χ2v) is 8.07. The van der Waals surface area contributed by atoms with E-state index in [1.165, 1.54) is 4.90 Å². The van der Waals surface area contributed by atoms with E-state index in [1.54, 1.807) is 38.4 Å². The van der Waals surface area contributed by atoms with Crippen molar-refractivity contribution in [3.63, 3.8) is 0 Å². The fourth-order valence-corrected chi connectivity index (χ4v) is 3.42. The van der Waals surface area contributed by atoms with Gasteiger partial charge in [0.1, 0.15) is 0 Å². The number of aliphatic hydroxyl groups is 1. The zero-order valence-corrected chi connectivity index (χ0v) is 20.0. The zero-order chi connectivity index (χ0) is 25.4. The van der Waals surface area contributed by atoms with Gasteiger partial charge in [-0.3, -0.25) is 9.59 Å². The van der Waals surface area contributed by atoms with Crippen LogP contribution in [0.25, 0.3) is 0 Å². The van der Waals surface area contributed by atoms with Gasteiger partial charge in [0, 0.05) is 57.0 Å². The normalized spacial score (nSPS) is 13.9. The summed E-state index contributed by atoms with van der Waals surface area (Å²) >= 11 is 0. The van der Waals surface area contributed by atoms with Gasteiger partial charge in [0.25, 0.3) is 11.8 Å². The summed E-state index contributed by atoms with van der Waals surface area (Å²) in [6.45, 7) is 2.22. The van der Waals surface area contributed by atoms with Crippen molar-refractivity contribution in [3.05, 3.63) is 35.4 Å². The lowest BCUT2D eigenvalue weighted by Crippen LogP contribution is -2.27. The monoisotopic (exact) mass is 488 g/mol. The van der Waals surface area contributed by atoms with Gasteiger partial charge in [-0.2, -0.15) is 0 Å². The van der Waals surface area contributed by atoms with Crippen LogP contribution in [0.5, 0.6) is 23.0 Å². The Bertz CT molecular complexity index is 1060. The minimum atomic E-state index is -0.335. The highest BCUT2D eigenvalue weighted by Crippen LogP contribution is 2.37. The summed E-state index contributed by atoms with van der Waals surface area (Å²) in [5.74, 6) is 1.47. The van der Waals surface area contributed by atoms with Gasteiger partial charge in [0.2, 0.25) is 0 Å². The third-order valence-corrected chi connectivity index (χ3v) is 5.02. The number of rotatable bonds is 4. The SMILES string of the molecule is CN(C)C(=O)c1cc(N)cc2c1OCCCO2.Nc1cc2c(c(C(=O)NCCO)c1)OCCCO2. The molecule has 4 rings (SSSR count). The van der Waals surface area contributed by atoms with Crippen molar-refractivity contribution in [2.45, 2.75) is 12.8 Å². The van der Waals surface area contributed by atoms with Gasteiger partial charge < -0.3 is 45.7 Å². The Kier molecular flexibility index (Phi) is 8.85. The van der Waals surface area contributed by atoms with Crippen molar-refractivity contribution >= 4 is 23.2 Å². The predicted octanol–water partition coefficient (Wildman–Crippen LogP) is 1.28. The number of hydrogen-bond acceptors (Lipinski definition) is 9. The van der Waals surface area contributed by atoms with Gasteiger partial charge in [0.05, 0.1) is 44.2 Å². The molecule has 0 saturated heterocycles. The van der Waals surface area contributed by atoms with Crippen LogP contribution in [-0.4, -0.2) is 75.5 Å². The van der Waals surface area contributed by atoms with Gasteiger partial charge in [-0.1, -0.05) is 0 Å². The van der Waals surface area contributed by atoms with Crippen molar-refractivity contribution in [2.75, 3.05) is 65.1 Å². The highest BCUT2D eigenvalue weighted by atomic mass is 16.5. The molecule has 0 bridgehead atoms. The molecule has 0 saturated carbocycles. The number of carbonyl (C=O) groups excluding carboxylic acids is 2. The van der Waals surface area contributed by atoms with Crippen LogP contribution >= 0.6 is 0 Å². The average Bonchev–Trinajstić information content (AvgIpc) is 3.21. The van der Waals surface area contributed by atoms with E-state index in [9.17, 15) is 9.59 Å². The third-order valence-electron chi connectivity index (χ3n) is 5.02. The number of nitrogens with zero attached hydrogens (tertiary/aromatic N) is 1. The lowest BCUT2D eigenvalue weighted by molar-refractivity contribution is 0.0822. The molecule has 35 heavy (non-hydrogen) atoms. The molecule has 190 valence electrons. The average molecular weight is 489 g/mol. The van der Waals surface area contributed by atoms with E-state index in [0.29, 0.717) is 71.9 Å². The number of hydrogen-bond donors (Lipinski definition) is 4. The summed E-state index contributed by atoms with van der Waals surface area (Å²) in [5.41, 5.74) is 13.2. The third kappa shape index (κ3) is 6.60. The largest absolute Gasteiger partial charge is 0.489 e. The number of fused-ring (bicyclic) bond motifs is 2. The van der Waals surface area contributed by atoms with Crippen LogP contribution in [0.1, 0.15) is 33.6 Å². The van der Waals surface area contributed by atoms with E-state index >= 15 is 0 Å². The van der Waals surface area contributed by atoms with Crippen molar-refractivity contribution < 1.29 is 33.6 Å². The quantitative estimate of drug-likeness (QED) is 0.465. The Hall–Kier alpha value is -3.86. The predicted molar refractivity (Wildman–Crippen MR) is 130 cm³/mol. The molecule has 0 atom stereocenters. The molecule has 11 nitrogen and oxygen atoms in total. The van der Waals surface area contributed by atoms with E-state index in [1.807, 2.05) is 0 Å². The van der Waals surface area contributed by atoms with Gasteiger partial charge in [-0.25, -0.2) is 0 Å². The number of carbonyl (C=O) groups is 2. The number of nitrogens with one attached hydrogen (secondary N) is 1. The van der Waals surface area contributed by atoms with E-state index in [-0.39, 0.29) is 25.0 Å². The number of aliphatic hydroxyl groups excluding tert-OH is 1. The Morgan fingerprint density at radius 1 is 0.857 bits per heavy atom. The molecule has 0 fully saturated rings. The molecule has 2 aromatic carbocycles. The Morgan fingerprint density at radius 3 is 1.86 bits per heavy atom. The van der Waals surface area contributed by atoms with Crippen LogP contribution in [0.15, 0.2) is 24.3 Å². The maximum absolute atomic E-state index is 12.0. The molecule has 0 unspecified atom stereocenters. The molecule has 0 aromatic heterocycles. The molecule has 2 amide bonds. The summed E-state index contributed by atoms with van der Waals surface area (Å²) in [7, 11) is 3.38. The molecule has 2 aromatic rings. The molecule has 0 radical (unpaired) electrons. The van der Waals surface area contributed by atoms with Crippen LogP contribution in [0.3, 0.4) is 0 Å². The smallest absolute Gasteiger partial charge is 0.257 e. The maximum atomic E-state index is 12.0. The van der Waals surface area contributed by atoms with E-state index in [4.69, 9.17) is 35.5 Å². The maximum Gasteiger partial charge on any atom is 0.257 e. The minimum absolute atomic E-state index is 0.117. The van der Waals surface area contributed by atoms with Gasteiger partial charge in [-0.05, 0) is 12.1 Å². The summed E-state index contributed by atoms with van der Waals surface area (Å²) < 4.78 is 22.1.